The monoisotopic (exact) mass is 279 g/mol. The number of hydrogen-bond donors (Lipinski definition) is 0. The van der Waals surface area contributed by atoms with Gasteiger partial charge in [-0.25, -0.2) is 0 Å². The second-order valence-electron chi connectivity index (χ2n) is 6.17. The molecule has 0 fully saturated rings. The Hall–Kier alpha value is 0.531. The average molecular weight is 280 g/mol. The van der Waals surface area contributed by atoms with Crippen LogP contribution in [-0.4, -0.2) is 37.9 Å². The maximum atomic E-state index is 5.96. The van der Waals surface area contributed by atoms with Crippen LogP contribution in [0.15, 0.2) is 0 Å². The van der Waals surface area contributed by atoms with Crippen LogP contribution in [0.1, 0.15) is 6.42 Å². The highest BCUT2D eigenvalue weighted by Crippen LogP contribution is 2.13. The molecule has 0 radical (unpaired) electrons. The third-order valence-corrected chi connectivity index (χ3v) is 4.41. The molecule has 0 aromatic heterocycles. The minimum Gasteiger partial charge on any atom is -0.322 e. The molecule has 16 heavy (non-hydrogen) atoms. The smallest absolute Gasteiger partial charge is 0.215 e. The van der Waals surface area contributed by atoms with E-state index in [2.05, 4.69) is 45.8 Å². The highest BCUT2D eigenvalue weighted by Gasteiger charge is 2.25. The van der Waals surface area contributed by atoms with Crippen molar-refractivity contribution in [1.29, 1.82) is 0 Å². The molecule has 0 aliphatic heterocycles. The summed E-state index contributed by atoms with van der Waals surface area (Å²) in [6.45, 7) is 16.5. The Morgan fingerprint density at radius 3 is 1.69 bits per heavy atom. The number of nitrogens with zero attached hydrogens (tertiary/aromatic N) is 1. The lowest BCUT2D eigenvalue weighted by molar-refractivity contribution is -0.271. The summed E-state index contributed by atoms with van der Waals surface area (Å²) in [7, 11) is -2.92. The molecule has 0 spiro atoms. The molecule has 0 aliphatic carbocycles. The zero-order chi connectivity index (χ0) is 12.8. The van der Waals surface area contributed by atoms with Gasteiger partial charge in [-0.2, -0.15) is 0 Å². The molecule has 98 valence electrons. The normalized spacial score (nSPS) is 14.2. The molecule has 0 aromatic carbocycles. The van der Waals surface area contributed by atoms with Crippen LogP contribution in [0.2, 0.25) is 51.9 Å². The van der Waals surface area contributed by atoms with E-state index in [0.717, 1.165) is 6.54 Å². The third kappa shape index (κ3) is 11.0. The highest BCUT2D eigenvalue weighted by molar-refractivity contribution is 6.70. The molecule has 0 atom stereocenters. The summed E-state index contributed by atoms with van der Waals surface area (Å²) in [6, 6.07) is 1.38. The fourth-order valence-electron chi connectivity index (χ4n) is 1.21. The van der Waals surface area contributed by atoms with Gasteiger partial charge in [0, 0.05) is 16.1 Å². The van der Waals surface area contributed by atoms with Gasteiger partial charge in [0.2, 0.25) is 16.6 Å². The first-order valence-corrected chi connectivity index (χ1v) is 15.5. The molecule has 0 bridgehead atoms. The van der Waals surface area contributed by atoms with E-state index in [0.29, 0.717) is 0 Å². The Balaban J connectivity index is 4.17. The second-order valence-corrected chi connectivity index (χ2v) is 16.7. The van der Waals surface area contributed by atoms with Crippen molar-refractivity contribution in [2.45, 2.75) is 58.3 Å². The van der Waals surface area contributed by atoms with E-state index in [1.807, 2.05) is 0 Å². The van der Waals surface area contributed by atoms with Crippen LogP contribution in [0, 0.1) is 0 Å². The molecule has 0 N–H and O–H groups in total. The summed E-state index contributed by atoms with van der Waals surface area (Å²) < 4.78 is 11.9. The van der Waals surface area contributed by atoms with E-state index in [9.17, 15) is 0 Å². The zero-order valence-electron chi connectivity index (χ0n) is 12.1. The maximum Gasteiger partial charge on any atom is 0.215 e. The maximum absolute atomic E-state index is 5.96. The summed E-state index contributed by atoms with van der Waals surface area (Å²) in [5.41, 5.74) is 0. The van der Waals surface area contributed by atoms with E-state index < -0.39 is 16.6 Å². The van der Waals surface area contributed by atoms with Crippen LogP contribution in [0.3, 0.4) is 0 Å². The number of hydrogen-bond acceptors (Lipinski definition) is 3. The molecule has 0 amide bonds. The van der Waals surface area contributed by atoms with Crippen molar-refractivity contribution in [1.82, 2.24) is 5.23 Å². The van der Waals surface area contributed by atoms with Gasteiger partial charge >= 0.3 is 0 Å². The molecule has 0 saturated carbocycles. The first-order chi connectivity index (χ1) is 7.14. The van der Waals surface area contributed by atoms with E-state index in [1.54, 1.807) is 5.23 Å². The van der Waals surface area contributed by atoms with E-state index in [4.69, 9.17) is 9.05 Å². The van der Waals surface area contributed by atoms with Crippen molar-refractivity contribution in [3.63, 3.8) is 0 Å². The van der Waals surface area contributed by atoms with Crippen molar-refractivity contribution in [3.8, 4) is 0 Å². The molecule has 0 aromatic rings. The molecule has 0 heterocycles. The van der Waals surface area contributed by atoms with Gasteiger partial charge in [0.15, 0.2) is 0 Å². The van der Waals surface area contributed by atoms with E-state index >= 15 is 0 Å². The Morgan fingerprint density at radius 2 is 1.38 bits per heavy atom. The fraction of sp³-hybridized carbons (Fsp3) is 1.00. The highest BCUT2D eigenvalue weighted by atomic mass is 28.4. The fourth-order valence-corrected chi connectivity index (χ4v) is 3.49. The molecular formula is C10H29NO2Si3. The SMILES string of the molecule is C[SiH2]CCCN(O[Si](C)(C)C)O[Si](C)(C)C. The molecule has 3 nitrogen and oxygen atoms in total. The van der Waals surface area contributed by atoms with Gasteiger partial charge in [0.1, 0.15) is 0 Å². The Bertz CT molecular complexity index is 173. The summed E-state index contributed by atoms with van der Waals surface area (Å²) in [4.78, 5) is 0. The Kier molecular flexibility index (Phi) is 7.31. The molecule has 0 aliphatic rings. The number of hydroxylamine groups is 2. The van der Waals surface area contributed by atoms with Crippen molar-refractivity contribution in [3.05, 3.63) is 0 Å². The van der Waals surface area contributed by atoms with Crippen molar-refractivity contribution < 1.29 is 9.05 Å². The summed E-state index contributed by atoms with van der Waals surface area (Å²) in [6.07, 6.45) is 1.21. The summed E-state index contributed by atoms with van der Waals surface area (Å²) in [5, 5.41) is 1.79. The van der Waals surface area contributed by atoms with Gasteiger partial charge < -0.3 is 9.05 Å². The van der Waals surface area contributed by atoms with Gasteiger partial charge in [-0.05, 0) is 45.7 Å². The van der Waals surface area contributed by atoms with Crippen molar-refractivity contribution >= 4 is 26.2 Å². The van der Waals surface area contributed by atoms with Crippen LogP contribution in [0.25, 0.3) is 0 Å². The standard InChI is InChI=1S/C10H29NO2Si3/c1-14-10-8-9-11(12-15(2,3)4)13-16(5,6)7/h8-10,14H2,1-7H3. The van der Waals surface area contributed by atoms with Crippen molar-refractivity contribution in [2.75, 3.05) is 6.54 Å². The molecular weight excluding hydrogens is 250 g/mol. The Labute approximate surface area is 106 Å². The van der Waals surface area contributed by atoms with Crippen LogP contribution in [0.4, 0.5) is 0 Å². The third-order valence-electron chi connectivity index (χ3n) is 1.70. The topological polar surface area (TPSA) is 21.7 Å². The second kappa shape index (κ2) is 7.07. The van der Waals surface area contributed by atoms with Crippen molar-refractivity contribution in [2.24, 2.45) is 0 Å². The van der Waals surface area contributed by atoms with Crippen LogP contribution in [-0.2, 0) is 9.05 Å². The zero-order valence-corrected chi connectivity index (χ0v) is 15.5. The minimum absolute atomic E-state index is 0.172. The van der Waals surface area contributed by atoms with E-state index in [1.165, 1.54) is 12.5 Å². The lowest BCUT2D eigenvalue weighted by atomic mass is 10.5. The molecule has 0 rings (SSSR count). The minimum atomic E-state index is -1.55. The van der Waals surface area contributed by atoms with Crippen LogP contribution >= 0.6 is 0 Å². The molecule has 0 saturated heterocycles. The predicted molar refractivity (Wildman–Crippen MR) is 79.4 cm³/mol. The van der Waals surface area contributed by atoms with Gasteiger partial charge in [-0.15, -0.1) is 0 Å². The van der Waals surface area contributed by atoms with Gasteiger partial charge in [0.25, 0.3) is 0 Å². The quantitative estimate of drug-likeness (QED) is 0.387. The van der Waals surface area contributed by atoms with Crippen LogP contribution < -0.4 is 0 Å². The summed E-state index contributed by atoms with van der Waals surface area (Å²) in [5.74, 6) is 0. The number of rotatable bonds is 8. The largest absolute Gasteiger partial charge is 0.322 e. The van der Waals surface area contributed by atoms with Gasteiger partial charge in [-0.3, -0.25) is 0 Å². The summed E-state index contributed by atoms with van der Waals surface area (Å²) >= 11 is 0. The first-order valence-electron chi connectivity index (χ1n) is 6.30. The Morgan fingerprint density at radius 1 is 0.938 bits per heavy atom. The van der Waals surface area contributed by atoms with Gasteiger partial charge in [0.05, 0.1) is 0 Å². The van der Waals surface area contributed by atoms with E-state index in [-0.39, 0.29) is 9.52 Å². The molecule has 0 unspecified atom stereocenters. The average Bonchev–Trinajstić information content (AvgIpc) is 1.97. The predicted octanol–water partition coefficient (Wildman–Crippen LogP) is 2.85. The van der Waals surface area contributed by atoms with Crippen LogP contribution in [0.5, 0.6) is 0 Å². The van der Waals surface area contributed by atoms with Gasteiger partial charge in [-0.1, -0.05) is 17.8 Å². The first kappa shape index (κ1) is 16.5. The lowest BCUT2D eigenvalue weighted by Gasteiger charge is -2.32. The lowest BCUT2D eigenvalue weighted by Crippen LogP contribution is -2.44. The molecule has 6 heteroatoms.